The van der Waals surface area contributed by atoms with Gasteiger partial charge in [-0.1, -0.05) is 31.9 Å². The van der Waals surface area contributed by atoms with E-state index in [0.29, 0.717) is 0 Å². The van der Waals surface area contributed by atoms with Crippen LogP contribution in [0.5, 0.6) is 5.75 Å². The molecule has 1 aliphatic rings. The summed E-state index contributed by atoms with van der Waals surface area (Å²) in [5, 5.41) is 3.64. The Labute approximate surface area is 111 Å². The predicted molar refractivity (Wildman–Crippen MR) is 76.1 cm³/mol. The minimum absolute atomic E-state index is 0.719. The molecule has 2 nitrogen and oxygen atoms in total. The molecule has 0 heterocycles. The van der Waals surface area contributed by atoms with E-state index in [1.165, 1.54) is 31.2 Å². The molecule has 0 spiro atoms. The highest BCUT2D eigenvalue weighted by Crippen LogP contribution is 2.27. The van der Waals surface area contributed by atoms with Gasteiger partial charge in [0.25, 0.3) is 0 Å². The number of aryl methyl sites for hydroxylation is 1. The molecule has 0 amide bonds. The van der Waals surface area contributed by atoms with E-state index in [-0.39, 0.29) is 0 Å². The molecular formula is C16H25NO. The van der Waals surface area contributed by atoms with Gasteiger partial charge in [-0.15, -0.1) is 0 Å². The largest absolute Gasteiger partial charge is 0.492 e. The SMILES string of the molecule is CCC1CCCC1NCCOc1cccc(C)c1. The molecule has 1 aliphatic carbocycles. The van der Waals surface area contributed by atoms with Crippen LogP contribution in [0.25, 0.3) is 0 Å². The van der Waals surface area contributed by atoms with Crippen LogP contribution in [0.3, 0.4) is 0 Å². The molecule has 0 bridgehead atoms. The lowest BCUT2D eigenvalue weighted by atomic mass is 10.0. The van der Waals surface area contributed by atoms with Crippen molar-refractivity contribution < 1.29 is 4.74 Å². The monoisotopic (exact) mass is 247 g/mol. The van der Waals surface area contributed by atoms with E-state index in [1.807, 2.05) is 12.1 Å². The molecule has 100 valence electrons. The summed E-state index contributed by atoms with van der Waals surface area (Å²) in [5.74, 6) is 1.86. The number of benzene rings is 1. The summed E-state index contributed by atoms with van der Waals surface area (Å²) in [7, 11) is 0. The zero-order valence-corrected chi connectivity index (χ0v) is 11.6. The summed E-state index contributed by atoms with van der Waals surface area (Å²) in [5.41, 5.74) is 1.25. The lowest BCUT2D eigenvalue weighted by molar-refractivity contribution is 0.291. The van der Waals surface area contributed by atoms with Gasteiger partial charge in [0, 0.05) is 12.6 Å². The molecule has 0 radical (unpaired) electrons. The van der Waals surface area contributed by atoms with Gasteiger partial charge in [0.05, 0.1) is 0 Å². The first-order chi connectivity index (χ1) is 8.79. The summed E-state index contributed by atoms with van der Waals surface area (Å²) in [6.07, 6.45) is 5.42. The summed E-state index contributed by atoms with van der Waals surface area (Å²) in [6, 6.07) is 8.97. The minimum atomic E-state index is 0.719. The molecule has 2 heteroatoms. The molecular weight excluding hydrogens is 222 g/mol. The highest BCUT2D eigenvalue weighted by atomic mass is 16.5. The number of rotatable bonds is 6. The van der Waals surface area contributed by atoms with E-state index in [0.717, 1.165) is 30.9 Å². The quantitative estimate of drug-likeness (QED) is 0.776. The Morgan fingerprint density at radius 3 is 3.00 bits per heavy atom. The van der Waals surface area contributed by atoms with Crippen LogP contribution < -0.4 is 10.1 Å². The second kappa shape index (κ2) is 6.79. The molecule has 1 aromatic rings. The lowest BCUT2D eigenvalue weighted by Gasteiger charge is -2.19. The molecule has 2 atom stereocenters. The molecule has 2 rings (SSSR count). The van der Waals surface area contributed by atoms with E-state index in [2.05, 4.69) is 31.3 Å². The van der Waals surface area contributed by atoms with Crippen LogP contribution in [0.15, 0.2) is 24.3 Å². The van der Waals surface area contributed by atoms with E-state index in [4.69, 9.17) is 4.74 Å². The molecule has 2 unspecified atom stereocenters. The van der Waals surface area contributed by atoms with E-state index in [1.54, 1.807) is 0 Å². The van der Waals surface area contributed by atoms with Crippen LogP contribution in [0.4, 0.5) is 0 Å². The number of nitrogens with one attached hydrogen (secondary N) is 1. The molecule has 0 aliphatic heterocycles. The summed E-state index contributed by atoms with van der Waals surface area (Å²) in [4.78, 5) is 0. The molecule has 18 heavy (non-hydrogen) atoms. The maximum atomic E-state index is 5.75. The smallest absolute Gasteiger partial charge is 0.119 e. The van der Waals surface area contributed by atoms with Gasteiger partial charge in [-0.3, -0.25) is 0 Å². The second-order valence-electron chi connectivity index (χ2n) is 5.32. The van der Waals surface area contributed by atoms with Gasteiger partial charge in [0.2, 0.25) is 0 Å². The average molecular weight is 247 g/mol. The Morgan fingerprint density at radius 1 is 1.33 bits per heavy atom. The van der Waals surface area contributed by atoms with Gasteiger partial charge in [-0.25, -0.2) is 0 Å². The maximum Gasteiger partial charge on any atom is 0.119 e. The fourth-order valence-corrected chi connectivity index (χ4v) is 2.91. The molecule has 1 aromatic carbocycles. The zero-order chi connectivity index (χ0) is 12.8. The average Bonchev–Trinajstić information content (AvgIpc) is 2.82. The van der Waals surface area contributed by atoms with Crippen molar-refractivity contribution in [3.05, 3.63) is 29.8 Å². The van der Waals surface area contributed by atoms with E-state index in [9.17, 15) is 0 Å². The highest BCUT2D eigenvalue weighted by Gasteiger charge is 2.24. The summed E-state index contributed by atoms with van der Waals surface area (Å²) >= 11 is 0. The standard InChI is InChI=1S/C16H25NO/c1-3-14-7-5-9-16(14)17-10-11-18-15-8-4-6-13(2)12-15/h4,6,8,12,14,16-17H,3,5,7,9-11H2,1-2H3. The lowest BCUT2D eigenvalue weighted by Crippen LogP contribution is -2.35. The van der Waals surface area contributed by atoms with Crippen molar-refractivity contribution in [3.63, 3.8) is 0 Å². The van der Waals surface area contributed by atoms with Crippen molar-refractivity contribution in [2.24, 2.45) is 5.92 Å². The maximum absolute atomic E-state index is 5.75. The first kappa shape index (κ1) is 13.4. The van der Waals surface area contributed by atoms with Crippen molar-refractivity contribution in [1.82, 2.24) is 5.32 Å². The van der Waals surface area contributed by atoms with Crippen molar-refractivity contribution in [2.45, 2.75) is 45.6 Å². The highest BCUT2D eigenvalue weighted by molar-refractivity contribution is 5.27. The van der Waals surface area contributed by atoms with E-state index < -0.39 is 0 Å². The van der Waals surface area contributed by atoms with Crippen LogP contribution in [-0.4, -0.2) is 19.2 Å². The third-order valence-electron chi connectivity index (χ3n) is 3.95. The number of ether oxygens (including phenoxy) is 1. The van der Waals surface area contributed by atoms with Gasteiger partial charge in [0.15, 0.2) is 0 Å². The van der Waals surface area contributed by atoms with Crippen molar-refractivity contribution in [2.75, 3.05) is 13.2 Å². The fraction of sp³-hybridized carbons (Fsp3) is 0.625. The van der Waals surface area contributed by atoms with Crippen LogP contribution in [0, 0.1) is 12.8 Å². The summed E-state index contributed by atoms with van der Waals surface area (Å²) < 4.78 is 5.75. The first-order valence-corrected chi connectivity index (χ1v) is 7.22. The van der Waals surface area contributed by atoms with E-state index >= 15 is 0 Å². The van der Waals surface area contributed by atoms with Crippen molar-refractivity contribution in [3.8, 4) is 5.75 Å². The Kier molecular flexibility index (Phi) is 5.06. The normalized spacial score (nSPS) is 23.2. The topological polar surface area (TPSA) is 21.3 Å². The predicted octanol–water partition coefficient (Wildman–Crippen LogP) is 3.54. The molecule has 1 saturated carbocycles. The minimum Gasteiger partial charge on any atom is -0.492 e. The molecule has 1 fully saturated rings. The van der Waals surface area contributed by atoms with Crippen molar-refractivity contribution in [1.29, 1.82) is 0 Å². The zero-order valence-electron chi connectivity index (χ0n) is 11.6. The van der Waals surface area contributed by atoms with Gasteiger partial charge in [-0.2, -0.15) is 0 Å². The third kappa shape index (κ3) is 3.74. The second-order valence-corrected chi connectivity index (χ2v) is 5.32. The fourth-order valence-electron chi connectivity index (χ4n) is 2.91. The van der Waals surface area contributed by atoms with Gasteiger partial charge >= 0.3 is 0 Å². The third-order valence-corrected chi connectivity index (χ3v) is 3.95. The Hall–Kier alpha value is -1.02. The van der Waals surface area contributed by atoms with Gasteiger partial charge < -0.3 is 10.1 Å². The Bertz CT molecular complexity index is 364. The Morgan fingerprint density at radius 2 is 2.22 bits per heavy atom. The van der Waals surface area contributed by atoms with Crippen molar-refractivity contribution >= 4 is 0 Å². The Balaban J connectivity index is 1.67. The number of hydrogen-bond donors (Lipinski definition) is 1. The van der Waals surface area contributed by atoms with Crippen LogP contribution in [0.2, 0.25) is 0 Å². The molecule has 1 N–H and O–H groups in total. The first-order valence-electron chi connectivity index (χ1n) is 7.22. The molecule has 0 aromatic heterocycles. The van der Waals surface area contributed by atoms with Gasteiger partial charge in [0.1, 0.15) is 12.4 Å². The van der Waals surface area contributed by atoms with Crippen LogP contribution in [-0.2, 0) is 0 Å². The summed E-state index contributed by atoms with van der Waals surface area (Å²) in [6.45, 7) is 6.11. The molecule has 0 saturated heterocycles. The van der Waals surface area contributed by atoms with Crippen LogP contribution >= 0.6 is 0 Å². The number of hydrogen-bond acceptors (Lipinski definition) is 2. The van der Waals surface area contributed by atoms with Crippen LogP contribution in [0.1, 0.15) is 38.2 Å². The van der Waals surface area contributed by atoms with Gasteiger partial charge in [-0.05, 0) is 43.4 Å².